The highest BCUT2D eigenvalue weighted by Crippen LogP contribution is 2.29. The van der Waals surface area contributed by atoms with Crippen molar-refractivity contribution in [1.29, 1.82) is 0 Å². The Balaban J connectivity index is 1.74. The molecule has 30 heavy (non-hydrogen) atoms. The number of hydrogen-bond donors (Lipinski definition) is 1. The number of rotatable bonds is 4. The third-order valence-electron chi connectivity index (χ3n) is 4.55. The second-order valence-corrected chi connectivity index (χ2v) is 10.5. The molecular formula is C20H12ClNO6S2. The van der Waals surface area contributed by atoms with Gasteiger partial charge in [-0.3, -0.25) is 9.59 Å². The molecule has 0 atom stereocenters. The molecule has 0 saturated carbocycles. The monoisotopic (exact) mass is 461 g/mol. The molecule has 0 amide bonds. The lowest BCUT2D eigenvalue weighted by Gasteiger charge is -2.18. The third-order valence-corrected chi connectivity index (χ3v) is 8.32. The largest absolute Gasteiger partial charge is 0.289 e. The van der Waals surface area contributed by atoms with Crippen LogP contribution in [0.5, 0.6) is 0 Å². The Hall–Kier alpha value is -2.85. The van der Waals surface area contributed by atoms with Crippen LogP contribution in [0.2, 0.25) is 5.02 Å². The van der Waals surface area contributed by atoms with E-state index in [9.17, 15) is 26.4 Å². The maximum absolute atomic E-state index is 12.8. The van der Waals surface area contributed by atoms with E-state index < -0.39 is 36.5 Å². The van der Waals surface area contributed by atoms with Crippen LogP contribution in [0.15, 0.2) is 76.5 Å². The zero-order chi connectivity index (χ0) is 21.7. The van der Waals surface area contributed by atoms with E-state index in [1.807, 2.05) is 0 Å². The van der Waals surface area contributed by atoms with Gasteiger partial charge in [0.15, 0.2) is 11.6 Å². The summed E-state index contributed by atoms with van der Waals surface area (Å²) in [7, 11) is -8.99. The summed E-state index contributed by atoms with van der Waals surface area (Å²) in [6, 6.07) is 14.4. The van der Waals surface area contributed by atoms with Gasteiger partial charge in [0, 0.05) is 27.3 Å². The summed E-state index contributed by atoms with van der Waals surface area (Å²) in [5.41, 5.74) is 0.337. The minimum Gasteiger partial charge on any atom is -0.289 e. The van der Waals surface area contributed by atoms with Crippen molar-refractivity contribution in [2.24, 2.45) is 0 Å². The lowest BCUT2D eigenvalue weighted by atomic mass is 9.84. The average Bonchev–Trinajstić information content (AvgIpc) is 2.71. The molecule has 0 spiro atoms. The summed E-state index contributed by atoms with van der Waals surface area (Å²) in [6.07, 6.45) is 0. The zero-order valence-electron chi connectivity index (χ0n) is 15.0. The molecule has 0 bridgehead atoms. The van der Waals surface area contributed by atoms with Crippen molar-refractivity contribution in [3.63, 3.8) is 0 Å². The van der Waals surface area contributed by atoms with Crippen LogP contribution in [0.4, 0.5) is 0 Å². The Bertz CT molecular complexity index is 1430. The first-order valence-electron chi connectivity index (χ1n) is 8.47. The number of ketones is 2. The number of fused-ring (bicyclic) bond motifs is 2. The summed E-state index contributed by atoms with van der Waals surface area (Å²) < 4.78 is 51.9. The van der Waals surface area contributed by atoms with E-state index >= 15 is 0 Å². The number of carbonyl (C=O) groups is 2. The van der Waals surface area contributed by atoms with Crippen LogP contribution in [0, 0.1) is 0 Å². The van der Waals surface area contributed by atoms with E-state index in [0.717, 1.165) is 24.3 Å². The number of hydrogen-bond acceptors (Lipinski definition) is 6. The molecule has 1 aliphatic rings. The van der Waals surface area contributed by atoms with Gasteiger partial charge < -0.3 is 0 Å². The van der Waals surface area contributed by atoms with Crippen LogP contribution in [0.3, 0.4) is 0 Å². The third kappa shape index (κ3) is 3.46. The number of nitrogens with one attached hydrogen (secondary N) is 1. The Labute approximate surface area is 177 Å². The minimum atomic E-state index is -4.56. The van der Waals surface area contributed by atoms with Crippen LogP contribution in [0.25, 0.3) is 0 Å². The van der Waals surface area contributed by atoms with Crippen LogP contribution in [-0.4, -0.2) is 28.4 Å². The van der Waals surface area contributed by atoms with E-state index in [0.29, 0.717) is 0 Å². The van der Waals surface area contributed by atoms with Crippen molar-refractivity contribution in [3.8, 4) is 0 Å². The van der Waals surface area contributed by atoms with Crippen molar-refractivity contribution < 1.29 is 26.4 Å². The molecule has 0 radical (unpaired) electrons. The molecule has 0 aliphatic heterocycles. The fourth-order valence-electron chi connectivity index (χ4n) is 3.10. The highest BCUT2D eigenvalue weighted by Gasteiger charge is 2.32. The maximum atomic E-state index is 12.8. The maximum Gasteiger partial charge on any atom is 0.253 e. The normalized spacial score (nSPS) is 13.6. The van der Waals surface area contributed by atoms with Crippen LogP contribution < -0.4 is 4.13 Å². The first-order valence-corrected chi connectivity index (χ1v) is 11.8. The second-order valence-electron chi connectivity index (χ2n) is 6.46. The fraction of sp³-hybridized carbons (Fsp3) is 0. The standard InChI is InChI=1S/C20H12ClNO6S2/c21-12-5-7-13(8-6-12)29(25,26)22-30(27,28)14-9-10-17-18(11-14)20(24)16-4-2-1-3-15(16)19(17)23/h1-11,22H. The zero-order valence-corrected chi connectivity index (χ0v) is 17.4. The molecule has 1 aliphatic carbocycles. The SMILES string of the molecule is O=C1c2ccccc2C(=O)c2cc(S(=O)(=O)NS(=O)(=O)c3ccc(Cl)cc3)ccc21. The molecule has 3 aromatic carbocycles. The highest BCUT2D eigenvalue weighted by atomic mass is 35.5. The van der Waals surface area contributed by atoms with E-state index in [4.69, 9.17) is 11.6 Å². The van der Waals surface area contributed by atoms with Gasteiger partial charge in [-0.05, 0) is 42.5 Å². The Morgan fingerprint density at radius 3 is 1.67 bits per heavy atom. The van der Waals surface area contributed by atoms with Crippen molar-refractivity contribution in [3.05, 3.63) is 94.0 Å². The van der Waals surface area contributed by atoms with Gasteiger partial charge in [0.1, 0.15) is 0 Å². The quantitative estimate of drug-likeness (QED) is 0.499. The molecular weight excluding hydrogens is 450 g/mol. The van der Waals surface area contributed by atoms with Crippen LogP contribution in [-0.2, 0) is 20.0 Å². The molecule has 7 nitrogen and oxygen atoms in total. The Morgan fingerprint density at radius 2 is 1.07 bits per heavy atom. The molecule has 1 N–H and O–H groups in total. The lowest BCUT2D eigenvalue weighted by Crippen LogP contribution is -2.31. The van der Waals surface area contributed by atoms with Crippen molar-refractivity contribution in [2.75, 3.05) is 0 Å². The van der Waals surface area contributed by atoms with Gasteiger partial charge in [-0.1, -0.05) is 35.9 Å². The van der Waals surface area contributed by atoms with Crippen molar-refractivity contribution in [1.82, 2.24) is 4.13 Å². The molecule has 4 rings (SSSR count). The topological polar surface area (TPSA) is 114 Å². The van der Waals surface area contributed by atoms with Crippen LogP contribution in [0.1, 0.15) is 31.8 Å². The number of sulfonamides is 2. The smallest absolute Gasteiger partial charge is 0.253 e. The Kier molecular flexibility index (Phi) is 4.86. The van der Waals surface area contributed by atoms with E-state index in [-0.39, 0.29) is 32.2 Å². The molecule has 0 aromatic heterocycles. The molecule has 3 aromatic rings. The highest BCUT2D eigenvalue weighted by molar-refractivity contribution is 8.04. The van der Waals surface area contributed by atoms with Gasteiger partial charge in [0.2, 0.25) is 0 Å². The average molecular weight is 462 g/mol. The van der Waals surface area contributed by atoms with Gasteiger partial charge in [0.05, 0.1) is 9.79 Å². The predicted molar refractivity (Wildman–Crippen MR) is 109 cm³/mol. The first-order chi connectivity index (χ1) is 14.1. The van der Waals surface area contributed by atoms with Crippen molar-refractivity contribution in [2.45, 2.75) is 9.79 Å². The lowest BCUT2D eigenvalue weighted by molar-refractivity contribution is 0.0979. The second kappa shape index (κ2) is 7.13. The van der Waals surface area contributed by atoms with Gasteiger partial charge in [-0.2, -0.15) is 0 Å². The minimum absolute atomic E-state index is 0.0539. The first kappa shape index (κ1) is 20.4. The summed E-state index contributed by atoms with van der Waals surface area (Å²) in [6.45, 7) is 0. The summed E-state index contributed by atoms with van der Waals surface area (Å²) in [5.74, 6) is -0.927. The van der Waals surface area contributed by atoms with E-state index in [1.54, 1.807) is 16.3 Å². The number of benzene rings is 3. The molecule has 0 unspecified atom stereocenters. The van der Waals surface area contributed by atoms with E-state index in [1.165, 1.54) is 30.3 Å². The number of carbonyl (C=O) groups excluding carboxylic acids is 2. The summed E-state index contributed by atoms with van der Waals surface area (Å²) >= 11 is 5.73. The van der Waals surface area contributed by atoms with E-state index in [2.05, 4.69) is 0 Å². The predicted octanol–water partition coefficient (Wildman–Crippen LogP) is 2.78. The van der Waals surface area contributed by atoms with Crippen LogP contribution >= 0.6 is 11.6 Å². The summed E-state index contributed by atoms with van der Waals surface area (Å²) in [5, 5.41) is 0.287. The molecule has 10 heteroatoms. The fourth-order valence-corrected chi connectivity index (χ4v) is 6.17. The molecule has 0 heterocycles. The summed E-state index contributed by atoms with van der Waals surface area (Å²) in [4.78, 5) is 24.6. The van der Waals surface area contributed by atoms with Gasteiger partial charge in [-0.15, -0.1) is 4.13 Å². The molecule has 152 valence electrons. The molecule has 0 saturated heterocycles. The van der Waals surface area contributed by atoms with Gasteiger partial charge in [-0.25, -0.2) is 16.8 Å². The molecule has 0 fully saturated rings. The Morgan fingerprint density at radius 1 is 0.600 bits per heavy atom. The number of halogens is 1. The van der Waals surface area contributed by atoms with Gasteiger partial charge in [0.25, 0.3) is 20.0 Å². The van der Waals surface area contributed by atoms with Crippen molar-refractivity contribution >= 4 is 43.2 Å². The van der Waals surface area contributed by atoms with Gasteiger partial charge >= 0.3 is 0 Å².